The largest absolute Gasteiger partial charge is 0.502 e. The van der Waals surface area contributed by atoms with Gasteiger partial charge in [-0.2, -0.15) is 0 Å². The van der Waals surface area contributed by atoms with Crippen LogP contribution in [-0.2, 0) is 9.47 Å². The highest BCUT2D eigenvalue weighted by Gasteiger charge is 2.44. The van der Waals surface area contributed by atoms with Crippen molar-refractivity contribution in [3.8, 4) is 34.5 Å². The Balaban J connectivity index is 2.02. The average molecular weight is 599 g/mol. The molecule has 2 aromatic carbocycles. The van der Waals surface area contributed by atoms with Crippen molar-refractivity contribution >= 4 is 6.08 Å². The molecule has 14 heteroatoms. The van der Waals surface area contributed by atoms with Gasteiger partial charge >= 0.3 is 0 Å². The third-order valence-electron chi connectivity index (χ3n) is 6.64. The van der Waals surface area contributed by atoms with Crippen molar-refractivity contribution in [2.75, 3.05) is 48.3 Å². The SMILES string of the molecule is COc1cc([C@H](O)[C@@H](CO[C@@H]2O[C@H](CO)[C@@H](O)[C@H](O)[C@H]2O)Oc2c(OC)cc(/C=C/CO)cc2OC)cc(OC)c1O. The van der Waals surface area contributed by atoms with Crippen molar-refractivity contribution in [2.24, 2.45) is 0 Å². The summed E-state index contributed by atoms with van der Waals surface area (Å²) in [5, 5.41) is 71.2. The molecule has 0 aliphatic carbocycles. The van der Waals surface area contributed by atoms with Gasteiger partial charge in [0.25, 0.3) is 0 Å². The standard InChI is InChI=1S/C28H38O14/c1-36-16-10-15(11-17(37-2)23(16)32)22(31)21(13-40-28-26(35)25(34)24(33)20(12-30)42-28)41-27-18(38-3)8-14(6-5-7-29)9-19(27)39-4/h5-6,8-11,20-22,24-26,28-35H,7,12-13H2,1-4H3/b6-5+/t20-,21-,22+,24-,25+,26-,28-/m1/s1. The lowest BCUT2D eigenvalue weighted by Gasteiger charge is -2.40. The number of aliphatic hydroxyl groups excluding tert-OH is 6. The number of aliphatic hydroxyl groups is 6. The fourth-order valence-corrected chi connectivity index (χ4v) is 4.34. The van der Waals surface area contributed by atoms with Gasteiger partial charge in [0.1, 0.15) is 30.5 Å². The topological polar surface area (TPSA) is 206 Å². The Morgan fingerprint density at radius 2 is 1.40 bits per heavy atom. The van der Waals surface area contributed by atoms with Crippen LogP contribution in [0.4, 0.5) is 0 Å². The molecule has 3 rings (SSSR count). The van der Waals surface area contributed by atoms with Crippen LogP contribution in [0.5, 0.6) is 34.5 Å². The number of methoxy groups -OCH3 is 4. The maximum atomic E-state index is 11.5. The molecule has 0 bridgehead atoms. The van der Waals surface area contributed by atoms with Gasteiger partial charge in [0.05, 0.1) is 48.3 Å². The molecule has 0 unspecified atom stereocenters. The van der Waals surface area contributed by atoms with Gasteiger partial charge in [0.15, 0.2) is 35.4 Å². The molecule has 1 saturated heterocycles. The van der Waals surface area contributed by atoms with Crippen LogP contribution in [0.1, 0.15) is 17.2 Å². The van der Waals surface area contributed by atoms with E-state index in [1.165, 1.54) is 46.6 Å². The van der Waals surface area contributed by atoms with Gasteiger partial charge in [-0.05, 0) is 35.4 Å². The van der Waals surface area contributed by atoms with E-state index in [2.05, 4.69) is 0 Å². The Morgan fingerprint density at radius 3 is 1.90 bits per heavy atom. The van der Waals surface area contributed by atoms with E-state index in [-0.39, 0.29) is 46.7 Å². The summed E-state index contributed by atoms with van der Waals surface area (Å²) in [5.41, 5.74) is 0.803. The van der Waals surface area contributed by atoms with Crippen LogP contribution in [0.3, 0.4) is 0 Å². The van der Waals surface area contributed by atoms with Crippen LogP contribution in [0, 0.1) is 0 Å². The molecule has 2 aromatic rings. The first-order chi connectivity index (χ1) is 20.1. The van der Waals surface area contributed by atoms with Crippen LogP contribution in [0.25, 0.3) is 6.08 Å². The van der Waals surface area contributed by atoms with Crippen LogP contribution in [0.15, 0.2) is 30.3 Å². The quantitative estimate of drug-likeness (QED) is 0.150. The summed E-state index contributed by atoms with van der Waals surface area (Å²) >= 11 is 0. The lowest BCUT2D eigenvalue weighted by molar-refractivity contribution is -0.305. The second-order valence-corrected chi connectivity index (χ2v) is 9.25. The highest BCUT2D eigenvalue weighted by molar-refractivity contribution is 5.62. The average Bonchev–Trinajstić information content (AvgIpc) is 3.01. The number of ether oxygens (including phenoxy) is 7. The maximum absolute atomic E-state index is 11.5. The third kappa shape index (κ3) is 7.35. The van der Waals surface area contributed by atoms with E-state index in [9.17, 15) is 30.6 Å². The fraction of sp³-hybridized carbons (Fsp3) is 0.500. The zero-order valence-corrected chi connectivity index (χ0v) is 23.6. The summed E-state index contributed by atoms with van der Waals surface area (Å²) in [7, 11) is 5.44. The van der Waals surface area contributed by atoms with Gasteiger partial charge in [-0.1, -0.05) is 12.2 Å². The van der Waals surface area contributed by atoms with Crippen molar-refractivity contribution in [1.82, 2.24) is 0 Å². The predicted octanol–water partition coefficient (Wildman–Crippen LogP) is -0.270. The lowest BCUT2D eigenvalue weighted by atomic mass is 9.99. The molecular formula is C28H38O14. The van der Waals surface area contributed by atoms with Crippen LogP contribution in [-0.4, -0.2) is 121 Å². The van der Waals surface area contributed by atoms with Gasteiger partial charge < -0.3 is 68.9 Å². The summed E-state index contributed by atoms with van der Waals surface area (Å²) in [4.78, 5) is 0. The first-order valence-corrected chi connectivity index (χ1v) is 12.9. The molecule has 7 atom stereocenters. The molecule has 7 N–H and O–H groups in total. The summed E-state index contributed by atoms with van der Waals surface area (Å²) in [6.45, 7) is -1.33. The first-order valence-electron chi connectivity index (χ1n) is 12.9. The molecule has 1 aliphatic rings. The van der Waals surface area contributed by atoms with Crippen molar-refractivity contribution in [3.63, 3.8) is 0 Å². The highest BCUT2D eigenvalue weighted by atomic mass is 16.7. The van der Waals surface area contributed by atoms with Gasteiger partial charge in [0.2, 0.25) is 11.5 Å². The third-order valence-corrected chi connectivity index (χ3v) is 6.64. The Bertz CT molecular complexity index is 1140. The number of benzene rings is 2. The smallest absolute Gasteiger partial charge is 0.204 e. The second kappa shape index (κ2) is 15.2. The number of hydrogen-bond acceptors (Lipinski definition) is 14. The Morgan fingerprint density at radius 1 is 0.833 bits per heavy atom. The fourth-order valence-electron chi connectivity index (χ4n) is 4.34. The summed E-state index contributed by atoms with van der Waals surface area (Å²) in [6, 6.07) is 5.95. The van der Waals surface area contributed by atoms with Gasteiger partial charge in [-0.25, -0.2) is 0 Å². The van der Waals surface area contributed by atoms with Crippen LogP contribution >= 0.6 is 0 Å². The van der Waals surface area contributed by atoms with Gasteiger partial charge in [0, 0.05) is 0 Å². The number of hydrogen-bond donors (Lipinski definition) is 7. The van der Waals surface area contributed by atoms with Crippen molar-refractivity contribution < 1.29 is 68.9 Å². The van der Waals surface area contributed by atoms with E-state index in [0.29, 0.717) is 5.56 Å². The molecule has 0 saturated carbocycles. The Kier molecular flexibility index (Phi) is 12.0. The molecule has 0 aromatic heterocycles. The Hall–Kier alpha value is -3.34. The molecular weight excluding hydrogens is 560 g/mol. The monoisotopic (exact) mass is 598 g/mol. The molecule has 234 valence electrons. The van der Waals surface area contributed by atoms with Gasteiger partial charge in [-0.15, -0.1) is 0 Å². The number of phenolic OH excluding ortho intramolecular Hbond substituents is 1. The minimum absolute atomic E-state index is 0.00665. The van der Waals surface area contributed by atoms with Crippen molar-refractivity contribution in [1.29, 1.82) is 0 Å². The zero-order valence-electron chi connectivity index (χ0n) is 23.6. The number of phenols is 1. The minimum atomic E-state index is -1.70. The summed E-state index contributed by atoms with van der Waals surface area (Å²) in [5.74, 6) is 0.205. The molecule has 0 amide bonds. The predicted molar refractivity (Wildman–Crippen MR) is 146 cm³/mol. The van der Waals surface area contributed by atoms with E-state index >= 15 is 0 Å². The Labute approximate surface area is 242 Å². The summed E-state index contributed by atoms with van der Waals surface area (Å²) < 4.78 is 38.7. The van der Waals surface area contributed by atoms with E-state index < -0.39 is 56.1 Å². The first kappa shape index (κ1) is 33.2. The molecule has 14 nitrogen and oxygen atoms in total. The molecule has 0 radical (unpaired) electrons. The molecule has 42 heavy (non-hydrogen) atoms. The molecule has 0 spiro atoms. The summed E-state index contributed by atoms with van der Waals surface area (Å²) in [6.07, 6.45) is -7.35. The zero-order chi connectivity index (χ0) is 31.0. The van der Waals surface area contributed by atoms with Crippen LogP contribution in [0.2, 0.25) is 0 Å². The van der Waals surface area contributed by atoms with Crippen molar-refractivity contribution in [3.05, 3.63) is 41.5 Å². The second-order valence-electron chi connectivity index (χ2n) is 9.25. The minimum Gasteiger partial charge on any atom is -0.502 e. The van der Waals surface area contributed by atoms with Gasteiger partial charge in [-0.3, -0.25) is 0 Å². The van der Waals surface area contributed by atoms with E-state index in [1.54, 1.807) is 18.2 Å². The van der Waals surface area contributed by atoms with Crippen molar-refractivity contribution in [2.45, 2.75) is 42.9 Å². The highest BCUT2D eigenvalue weighted by Crippen LogP contribution is 2.43. The normalized spacial score (nSPS) is 23.8. The van der Waals surface area contributed by atoms with E-state index in [4.69, 9.17) is 38.3 Å². The maximum Gasteiger partial charge on any atom is 0.204 e. The molecule has 1 fully saturated rings. The molecule has 1 aliphatic heterocycles. The van der Waals surface area contributed by atoms with E-state index in [1.807, 2.05) is 0 Å². The molecule has 1 heterocycles. The van der Waals surface area contributed by atoms with Crippen LogP contribution < -0.4 is 23.7 Å². The van der Waals surface area contributed by atoms with E-state index in [0.717, 1.165) is 0 Å². The lowest BCUT2D eigenvalue weighted by Crippen LogP contribution is -2.59. The number of rotatable bonds is 14. The number of aromatic hydroxyl groups is 1.